The van der Waals surface area contributed by atoms with Gasteiger partial charge >= 0.3 is 0 Å². The summed E-state index contributed by atoms with van der Waals surface area (Å²) in [5.41, 5.74) is 17.6. The summed E-state index contributed by atoms with van der Waals surface area (Å²) in [6.07, 6.45) is 1.85. The van der Waals surface area contributed by atoms with Crippen LogP contribution < -0.4 is 0 Å². The molecule has 4 heteroatoms. The molecule has 0 aliphatic heterocycles. The van der Waals surface area contributed by atoms with E-state index in [0.717, 1.165) is 83.6 Å². The molecular formula is C62H53N3O. The van der Waals surface area contributed by atoms with Gasteiger partial charge in [-0.25, -0.2) is 4.98 Å². The summed E-state index contributed by atoms with van der Waals surface area (Å²) in [6, 6.07) is 70.7. The first-order valence-corrected chi connectivity index (χ1v) is 22.8. The van der Waals surface area contributed by atoms with Crippen molar-refractivity contribution in [3.05, 3.63) is 218 Å². The number of nitrogens with zero attached hydrogens (tertiary/aromatic N) is 3. The second-order valence-corrected chi connectivity index (χ2v) is 19.3. The molecule has 1 N–H and O–H groups in total. The molecule has 0 spiro atoms. The summed E-state index contributed by atoms with van der Waals surface area (Å²) in [6.45, 7) is 13.2. The van der Waals surface area contributed by atoms with Crippen LogP contribution in [0.25, 0.3) is 95.0 Å². The van der Waals surface area contributed by atoms with Gasteiger partial charge in [-0.15, -0.1) is 0 Å². The average Bonchev–Trinajstić information content (AvgIpc) is 3.73. The third-order valence-electron chi connectivity index (χ3n) is 12.7. The third-order valence-corrected chi connectivity index (χ3v) is 12.7. The Bertz CT molecular complexity index is 3280. The van der Waals surface area contributed by atoms with E-state index in [1.807, 2.05) is 24.4 Å². The lowest BCUT2D eigenvalue weighted by Gasteiger charge is -2.28. The number of imidazole rings is 1. The van der Waals surface area contributed by atoms with Crippen LogP contribution >= 0.6 is 0 Å². The van der Waals surface area contributed by atoms with Crippen molar-refractivity contribution < 1.29 is 5.11 Å². The summed E-state index contributed by atoms with van der Waals surface area (Å²) in [5.74, 6) is 0.912. The van der Waals surface area contributed by atoms with Gasteiger partial charge < -0.3 is 5.11 Å². The number of aromatic hydroxyl groups is 1. The average molecular weight is 856 g/mol. The van der Waals surface area contributed by atoms with E-state index in [-0.39, 0.29) is 16.6 Å². The smallest absolute Gasteiger partial charge is 0.149 e. The van der Waals surface area contributed by atoms with Gasteiger partial charge in [0.1, 0.15) is 11.6 Å². The van der Waals surface area contributed by atoms with Gasteiger partial charge in [-0.05, 0) is 97.8 Å². The number of hydrogen-bond acceptors (Lipinski definition) is 3. The molecule has 8 aromatic carbocycles. The van der Waals surface area contributed by atoms with E-state index in [1.54, 1.807) is 0 Å². The molecule has 2 heterocycles. The highest BCUT2D eigenvalue weighted by Crippen LogP contribution is 2.47. The van der Waals surface area contributed by atoms with E-state index < -0.39 is 0 Å². The molecule has 0 atom stereocenters. The predicted octanol–water partition coefficient (Wildman–Crippen LogP) is 16.4. The maximum absolute atomic E-state index is 12.7. The molecule has 10 aromatic rings. The Balaban J connectivity index is 1.30. The number of rotatable bonds is 8. The van der Waals surface area contributed by atoms with E-state index in [4.69, 9.17) is 9.97 Å². The molecule has 0 fully saturated rings. The number of pyridine rings is 1. The largest absolute Gasteiger partial charge is 0.507 e. The highest BCUT2D eigenvalue weighted by molar-refractivity contribution is 6.00. The Morgan fingerprint density at radius 2 is 0.924 bits per heavy atom. The third kappa shape index (κ3) is 8.01. The zero-order valence-corrected chi connectivity index (χ0v) is 38.4. The first kappa shape index (κ1) is 42.1. The fourth-order valence-electron chi connectivity index (χ4n) is 9.15. The normalized spacial score (nSPS) is 11.8. The summed E-state index contributed by atoms with van der Waals surface area (Å²) < 4.78 is 2.31. The molecular weight excluding hydrogens is 803 g/mol. The van der Waals surface area contributed by atoms with E-state index in [9.17, 15) is 5.11 Å². The maximum atomic E-state index is 12.7. The molecule has 0 radical (unpaired) electrons. The fraction of sp³-hybridized carbons (Fsp3) is 0.129. The standard InChI is InChI=1S/C62H53N3O/c1-61(2,3)49-39-53(59(66)54(40-49)62(4,5)6)60-64-57-50(26-19-30-56(57)65(60)58-51(44-22-12-8-13-23-44)27-18-28-52(58)45-24-14-9-15-25-45)47-36-46(37-48(38-47)55-29-16-17-35-63-55)43-33-31-42(32-34-43)41-20-10-7-11-21-41/h7-40,66H,1-6H3. The highest BCUT2D eigenvalue weighted by Gasteiger charge is 2.30. The Morgan fingerprint density at radius 3 is 1.50 bits per heavy atom. The minimum atomic E-state index is -0.346. The quantitative estimate of drug-likeness (QED) is 0.166. The highest BCUT2D eigenvalue weighted by atomic mass is 16.3. The summed E-state index contributed by atoms with van der Waals surface area (Å²) in [4.78, 5) is 10.6. The van der Waals surface area contributed by atoms with Gasteiger partial charge in [-0.2, -0.15) is 0 Å². The van der Waals surface area contributed by atoms with Crippen molar-refractivity contribution in [1.82, 2.24) is 14.5 Å². The topological polar surface area (TPSA) is 50.9 Å². The Labute approximate surface area is 388 Å². The molecule has 0 unspecified atom stereocenters. The van der Waals surface area contributed by atoms with Crippen molar-refractivity contribution in [3.63, 3.8) is 0 Å². The van der Waals surface area contributed by atoms with Crippen LogP contribution in [0.2, 0.25) is 0 Å². The number of hydrogen-bond donors (Lipinski definition) is 1. The molecule has 2 aromatic heterocycles. The monoisotopic (exact) mass is 855 g/mol. The Hall–Kier alpha value is -7.82. The lowest BCUT2D eigenvalue weighted by molar-refractivity contribution is 0.446. The van der Waals surface area contributed by atoms with E-state index >= 15 is 0 Å². The number of phenolic OH excluding ortho intramolecular Hbond substituents is 1. The van der Waals surface area contributed by atoms with Crippen LogP contribution in [0.3, 0.4) is 0 Å². The van der Waals surface area contributed by atoms with Crippen LogP contribution in [0, 0.1) is 0 Å². The molecule has 0 aliphatic rings. The van der Waals surface area contributed by atoms with Crippen molar-refractivity contribution in [1.29, 1.82) is 0 Å². The summed E-state index contributed by atoms with van der Waals surface area (Å²) in [7, 11) is 0. The first-order valence-electron chi connectivity index (χ1n) is 22.8. The van der Waals surface area contributed by atoms with Crippen molar-refractivity contribution in [2.24, 2.45) is 0 Å². The van der Waals surface area contributed by atoms with Crippen molar-refractivity contribution in [3.8, 4) is 89.7 Å². The van der Waals surface area contributed by atoms with Gasteiger partial charge in [0.2, 0.25) is 0 Å². The molecule has 0 aliphatic carbocycles. The lowest BCUT2D eigenvalue weighted by atomic mass is 9.79. The van der Waals surface area contributed by atoms with E-state index in [0.29, 0.717) is 11.4 Å². The molecule has 0 amide bonds. The van der Waals surface area contributed by atoms with Crippen LogP contribution in [-0.2, 0) is 10.8 Å². The first-order chi connectivity index (χ1) is 31.9. The van der Waals surface area contributed by atoms with Gasteiger partial charge in [0.05, 0.1) is 28.0 Å². The van der Waals surface area contributed by atoms with Crippen LogP contribution in [-0.4, -0.2) is 19.6 Å². The predicted molar refractivity (Wildman–Crippen MR) is 276 cm³/mol. The van der Waals surface area contributed by atoms with Crippen LogP contribution in [0.5, 0.6) is 5.75 Å². The van der Waals surface area contributed by atoms with Gasteiger partial charge in [-0.3, -0.25) is 9.55 Å². The van der Waals surface area contributed by atoms with Crippen LogP contribution in [0.1, 0.15) is 52.7 Å². The molecule has 0 saturated heterocycles. The zero-order valence-electron chi connectivity index (χ0n) is 38.4. The molecule has 66 heavy (non-hydrogen) atoms. The van der Waals surface area contributed by atoms with E-state index in [2.05, 4.69) is 228 Å². The van der Waals surface area contributed by atoms with Gasteiger partial charge in [0, 0.05) is 34.0 Å². The fourth-order valence-corrected chi connectivity index (χ4v) is 9.15. The Morgan fingerprint density at radius 1 is 0.409 bits per heavy atom. The summed E-state index contributed by atoms with van der Waals surface area (Å²) >= 11 is 0. The minimum absolute atomic E-state index is 0.205. The van der Waals surface area contributed by atoms with Crippen molar-refractivity contribution in [2.75, 3.05) is 0 Å². The molecule has 0 bridgehead atoms. The SMILES string of the molecule is CC(C)(C)c1cc(-c2nc3c(-c4cc(-c5ccc(-c6ccccc6)cc5)cc(-c5ccccn5)c4)cccc3n2-c2c(-c3ccccc3)cccc2-c2ccccc2)c(O)c(C(C)(C)C)c1. The second kappa shape index (κ2) is 17.0. The van der Waals surface area contributed by atoms with Crippen molar-refractivity contribution in [2.45, 2.75) is 52.4 Å². The second-order valence-electron chi connectivity index (χ2n) is 19.3. The summed E-state index contributed by atoms with van der Waals surface area (Å²) in [5, 5.41) is 12.7. The van der Waals surface area contributed by atoms with Crippen LogP contribution in [0.4, 0.5) is 0 Å². The maximum Gasteiger partial charge on any atom is 0.149 e. The molecule has 10 rings (SSSR count). The molecule has 4 nitrogen and oxygen atoms in total. The van der Waals surface area contributed by atoms with Gasteiger partial charge in [-0.1, -0.05) is 199 Å². The molecule has 0 saturated carbocycles. The molecule has 322 valence electrons. The number of aromatic nitrogens is 3. The number of benzene rings is 8. The zero-order chi connectivity index (χ0) is 45.6. The van der Waals surface area contributed by atoms with Gasteiger partial charge in [0.15, 0.2) is 0 Å². The lowest BCUT2D eigenvalue weighted by Crippen LogP contribution is -2.17. The number of fused-ring (bicyclic) bond motifs is 1. The minimum Gasteiger partial charge on any atom is -0.507 e. The van der Waals surface area contributed by atoms with Crippen LogP contribution in [0.15, 0.2) is 206 Å². The van der Waals surface area contributed by atoms with Crippen molar-refractivity contribution >= 4 is 11.0 Å². The van der Waals surface area contributed by atoms with Gasteiger partial charge in [0.25, 0.3) is 0 Å². The number of para-hydroxylation sites is 2. The van der Waals surface area contributed by atoms with E-state index in [1.165, 1.54) is 11.1 Å². The number of phenols is 1. The Kier molecular flexibility index (Phi) is 10.8.